The van der Waals surface area contributed by atoms with Crippen LogP contribution in [0.2, 0.25) is 0 Å². The molecule has 0 spiro atoms. The van der Waals surface area contributed by atoms with Gasteiger partial charge in [0.1, 0.15) is 0 Å². The quantitative estimate of drug-likeness (QED) is 0.926. The number of carbonyl (C=O) groups excluding carboxylic acids is 1. The highest BCUT2D eigenvalue weighted by Crippen LogP contribution is 2.31. The molecule has 1 amide bonds. The number of ether oxygens (including phenoxy) is 1. The van der Waals surface area contributed by atoms with Crippen LogP contribution in [-0.2, 0) is 11.3 Å². The number of amides is 1. The molecule has 2 aliphatic rings. The van der Waals surface area contributed by atoms with Crippen LogP contribution in [0.5, 0.6) is 0 Å². The van der Waals surface area contributed by atoms with Gasteiger partial charge in [-0.15, -0.1) is 11.3 Å². The summed E-state index contributed by atoms with van der Waals surface area (Å²) >= 11 is 1.78. The number of likely N-dealkylation sites (tertiary alicyclic amines) is 1. The fourth-order valence-corrected chi connectivity index (χ4v) is 4.44. The molecule has 0 aliphatic carbocycles. The van der Waals surface area contributed by atoms with Gasteiger partial charge < -0.3 is 10.1 Å². The second-order valence-corrected chi connectivity index (χ2v) is 7.41. The van der Waals surface area contributed by atoms with Gasteiger partial charge in [0.25, 0.3) is 5.91 Å². The van der Waals surface area contributed by atoms with E-state index in [2.05, 4.69) is 32.7 Å². The average molecular weight is 343 g/mol. The zero-order valence-electron chi connectivity index (χ0n) is 13.4. The smallest absolute Gasteiger partial charge is 0.253 e. The number of thiophene rings is 1. The summed E-state index contributed by atoms with van der Waals surface area (Å²) in [5.41, 5.74) is 0.599. The van der Waals surface area contributed by atoms with Gasteiger partial charge in [0, 0.05) is 43.0 Å². The van der Waals surface area contributed by atoms with E-state index in [9.17, 15) is 4.79 Å². The Hall–Kier alpha value is -1.76. The Morgan fingerprint density at radius 2 is 2.38 bits per heavy atom. The predicted octanol–water partition coefficient (Wildman–Crippen LogP) is 2.30. The Bertz CT molecular complexity index is 677. The van der Waals surface area contributed by atoms with E-state index in [-0.39, 0.29) is 18.1 Å². The van der Waals surface area contributed by atoms with E-state index in [0.29, 0.717) is 11.6 Å². The van der Waals surface area contributed by atoms with Gasteiger partial charge in [0.05, 0.1) is 17.7 Å². The number of aromatic nitrogens is 1. The Balaban J connectivity index is 1.47. The van der Waals surface area contributed by atoms with Crippen molar-refractivity contribution < 1.29 is 9.53 Å². The lowest BCUT2D eigenvalue weighted by Crippen LogP contribution is -2.47. The molecule has 1 N–H and O–H groups in total. The van der Waals surface area contributed by atoms with Crippen LogP contribution in [0.15, 0.2) is 42.0 Å². The summed E-state index contributed by atoms with van der Waals surface area (Å²) in [5, 5.41) is 5.27. The highest BCUT2D eigenvalue weighted by Gasteiger charge is 2.44. The number of fused-ring (bicyclic) bond motifs is 1. The summed E-state index contributed by atoms with van der Waals surface area (Å²) in [5.74, 6) is -0.0704. The van der Waals surface area contributed by atoms with Crippen LogP contribution in [0, 0.1) is 0 Å². The van der Waals surface area contributed by atoms with E-state index in [1.165, 1.54) is 4.88 Å². The molecule has 2 aromatic heterocycles. The fourth-order valence-electron chi connectivity index (χ4n) is 3.71. The molecule has 2 saturated heterocycles. The van der Waals surface area contributed by atoms with Gasteiger partial charge >= 0.3 is 0 Å². The first-order chi connectivity index (χ1) is 11.8. The van der Waals surface area contributed by atoms with E-state index in [1.54, 1.807) is 35.9 Å². The zero-order valence-corrected chi connectivity index (χ0v) is 14.2. The lowest BCUT2D eigenvalue weighted by atomic mass is 10.0. The highest BCUT2D eigenvalue weighted by atomic mass is 32.1. The molecule has 2 aliphatic heterocycles. The van der Waals surface area contributed by atoms with E-state index in [4.69, 9.17) is 4.74 Å². The van der Waals surface area contributed by atoms with Crippen molar-refractivity contribution in [2.75, 3.05) is 13.2 Å². The molecule has 2 fully saturated rings. The van der Waals surface area contributed by atoms with Gasteiger partial charge in [-0.05, 0) is 36.4 Å². The van der Waals surface area contributed by atoms with Crippen molar-refractivity contribution >= 4 is 17.2 Å². The summed E-state index contributed by atoms with van der Waals surface area (Å²) in [6.45, 7) is 2.55. The standard InChI is InChI=1S/C18H21N3O2S/c22-18(13-4-1-7-19-10-13)20-15-12-21(11-14-5-3-9-24-14)16-6-2-8-23-17(15)16/h1,3-5,7,9-10,15-17H,2,6,8,11-12H2,(H,20,22)/t15-,16-,17-/m0/s1. The van der Waals surface area contributed by atoms with Crippen molar-refractivity contribution in [2.45, 2.75) is 37.6 Å². The van der Waals surface area contributed by atoms with Gasteiger partial charge in [-0.3, -0.25) is 14.7 Å². The average Bonchev–Trinajstić information content (AvgIpc) is 3.25. The monoisotopic (exact) mass is 343 g/mol. The summed E-state index contributed by atoms with van der Waals surface area (Å²) in [7, 11) is 0. The van der Waals surface area contributed by atoms with E-state index in [0.717, 1.165) is 32.5 Å². The molecule has 2 aromatic rings. The Kier molecular flexibility index (Phi) is 4.60. The molecule has 24 heavy (non-hydrogen) atoms. The van der Waals surface area contributed by atoms with Crippen LogP contribution in [0.4, 0.5) is 0 Å². The molecule has 0 radical (unpaired) electrons. The predicted molar refractivity (Wildman–Crippen MR) is 93.0 cm³/mol. The lowest BCUT2D eigenvalue weighted by molar-refractivity contribution is -0.0210. The molecule has 6 heteroatoms. The number of hydrogen-bond donors (Lipinski definition) is 1. The minimum Gasteiger partial charge on any atom is -0.374 e. The van der Waals surface area contributed by atoms with E-state index < -0.39 is 0 Å². The van der Waals surface area contributed by atoms with E-state index >= 15 is 0 Å². The maximum atomic E-state index is 12.5. The molecule has 0 bridgehead atoms. The normalized spacial score (nSPS) is 26.9. The number of hydrogen-bond acceptors (Lipinski definition) is 5. The van der Waals surface area contributed by atoms with Crippen LogP contribution in [0.25, 0.3) is 0 Å². The van der Waals surface area contributed by atoms with Gasteiger partial charge in [0.2, 0.25) is 0 Å². The molecule has 3 atom stereocenters. The minimum absolute atomic E-state index is 0.0305. The fraction of sp³-hybridized carbons (Fsp3) is 0.444. The molecule has 0 aromatic carbocycles. The molecule has 4 rings (SSSR count). The summed E-state index contributed by atoms with van der Waals surface area (Å²) in [6.07, 6.45) is 5.59. The third kappa shape index (κ3) is 3.22. The lowest BCUT2D eigenvalue weighted by Gasteiger charge is -2.32. The van der Waals surface area contributed by atoms with Crippen LogP contribution >= 0.6 is 11.3 Å². The summed E-state index contributed by atoms with van der Waals surface area (Å²) in [4.78, 5) is 20.3. The third-order valence-corrected chi connectivity index (χ3v) is 5.67. The van der Waals surface area contributed by atoms with Crippen molar-refractivity contribution in [2.24, 2.45) is 0 Å². The molecule has 4 heterocycles. The second kappa shape index (κ2) is 7.01. The Labute approximate surface area is 145 Å². The van der Waals surface area contributed by atoms with Crippen LogP contribution < -0.4 is 5.32 Å². The van der Waals surface area contributed by atoms with Gasteiger partial charge in [-0.2, -0.15) is 0 Å². The molecule has 5 nitrogen and oxygen atoms in total. The molecule has 126 valence electrons. The molecule has 0 unspecified atom stereocenters. The number of rotatable bonds is 4. The van der Waals surface area contributed by atoms with Crippen molar-refractivity contribution in [3.8, 4) is 0 Å². The van der Waals surface area contributed by atoms with Crippen LogP contribution in [0.3, 0.4) is 0 Å². The van der Waals surface area contributed by atoms with Crippen molar-refractivity contribution in [1.29, 1.82) is 0 Å². The first-order valence-electron chi connectivity index (χ1n) is 8.40. The van der Waals surface area contributed by atoms with Crippen LogP contribution in [-0.4, -0.2) is 47.1 Å². The van der Waals surface area contributed by atoms with Crippen molar-refractivity contribution in [3.63, 3.8) is 0 Å². The maximum Gasteiger partial charge on any atom is 0.253 e. The molecular formula is C18H21N3O2S. The largest absolute Gasteiger partial charge is 0.374 e. The number of nitrogens with zero attached hydrogens (tertiary/aromatic N) is 2. The van der Waals surface area contributed by atoms with Crippen LogP contribution in [0.1, 0.15) is 28.1 Å². The zero-order chi connectivity index (χ0) is 16.4. The minimum atomic E-state index is -0.0704. The van der Waals surface area contributed by atoms with Crippen molar-refractivity contribution in [3.05, 3.63) is 52.5 Å². The van der Waals surface area contributed by atoms with Gasteiger partial charge in [-0.25, -0.2) is 0 Å². The number of pyridine rings is 1. The summed E-state index contributed by atoms with van der Waals surface area (Å²) < 4.78 is 6.03. The van der Waals surface area contributed by atoms with Gasteiger partial charge in [0.15, 0.2) is 0 Å². The first-order valence-corrected chi connectivity index (χ1v) is 9.28. The highest BCUT2D eigenvalue weighted by molar-refractivity contribution is 7.09. The Morgan fingerprint density at radius 3 is 3.17 bits per heavy atom. The number of carbonyl (C=O) groups is 1. The second-order valence-electron chi connectivity index (χ2n) is 6.38. The summed E-state index contributed by atoms with van der Waals surface area (Å²) in [6, 6.07) is 8.26. The molecule has 0 saturated carbocycles. The number of nitrogens with one attached hydrogen (secondary N) is 1. The topological polar surface area (TPSA) is 54.5 Å². The molecular weight excluding hydrogens is 322 g/mol. The van der Waals surface area contributed by atoms with Gasteiger partial charge in [-0.1, -0.05) is 6.07 Å². The Morgan fingerprint density at radius 1 is 1.42 bits per heavy atom. The van der Waals surface area contributed by atoms with E-state index in [1.807, 2.05) is 0 Å². The third-order valence-electron chi connectivity index (χ3n) is 4.81. The SMILES string of the molecule is O=C(N[C@H]1CN(Cc2cccs2)[C@H]2CCCO[C@@H]12)c1cccnc1. The first kappa shape index (κ1) is 15.7. The van der Waals surface area contributed by atoms with Crippen molar-refractivity contribution in [1.82, 2.24) is 15.2 Å². The maximum absolute atomic E-state index is 12.5.